The summed E-state index contributed by atoms with van der Waals surface area (Å²) in [6.07, 6.45) is 2.75. The summed E-state index contributed by atoms with van der Waals surface area (Å²) in [5, 5.41) is 16.0. The molecule has 0 aliphatic heterocycles. The third kappa shape index (κ3) is 6.03. The summed E-state index contributed by atoms with van der Waals surface area (Å²) >= 11 is 1.30. The van der Waals surface area contributed by atoms with Crippen molar-refractivity contribution in [2.75, 3.05) is 20.3 Å². The Labute approximate surface area is 122 Å². The fraction of sp³-hybridized carbons (Fsp3) is 0.538. The number of thiophene rings is 1. The molecule has 0 spiro atoms. The van der Waals surface area contributed by atoms with Crippen LogP contribution in [0.25, 0.3) is 0 Å². The van der Waals surface area contributed by atoms with Crippen molar-refractivity contribution in [1.29, 1.82) is 0 Å². The standard InChI is InChI=1S/C13H20N2O4S/c1-19-8-4-2-3-7-14-13(18)15-11(12(16)17)10-6-5-9-20-10/h5-6,9,11H,2-4,7-8H2,1H3,(H,16,17)(H2,14,15,18). The van der Waals surface area contributed by atoms with Crippen molar-refractivity contribution in [2.24, 2.45) is 0 Å². The van der Waals surface area contributed by atoms with Gasteiger partial charge in [-0.2, -0.15) is 0 Å². The van der Waals surface area contributed by atoms with Crippen LogP contribution in [-0.4, -0.2) is 37.4 Å². The van der Waals surface area contributed by atoms with Gasteiger partial charge in [0.1, 0.15) is 0 Å². The highest BCUT2D eigenvalue weighted by Crippen LogP contribution is 2.18. The number of aliphatic carboxylic acids is 1. The molecule has 3 N–H and O–H groups in total. The molecular weight excluding hydrogens is 280 g/mol. The monoisotopic (exact) mass is 300 g/mol. The number of carbonyl (C=O) groups excluding carboxylic acids is 1. The second-order valence-electron chi connectivity index (χ2n) is 4.24. The van der Waals surface area contributed by atoms with Crippen LogP contribution >= 0.6 is 11.3 Å². The van der Waals surface area contributed by atoms with E-state index in [1.165, 1.54) is 11.3 Å². The lowest BCUT2D eigenvalue weighted by Gasteiger charge is -2.13. The van der Waals surface area contributed by atoms with Crippen LogP contribution in [0, 0.1) is 0 Å². The van der Waals surface area contributed by atoms with Crippen LogP contribution in [-0.2, 0) is 9.53 Å². The molecule has 0 saturated heterocycles. The van der Waals surface area contributed by atoms with E-state index in [-0.39, 0.29) is 0 Å². The van der Waals surface area contributed by atoms with Gasteiger partial charge < -0.3 is 20.5 Å². The van der Waals surface area contributed by atoms with E-state index in [1.807, 2.05) is 0 Å². The van der Waals surface area contributed by atoms with E-state index in [9.17, 15) is 9.59 Å². The lowest BCUT2D eigenvalue weighted by Crippen LogP contribution is -2.40. The Kier molecular flexibility index (Phi) is 7.67. The minimum absolute atomic E-state index is 0.461. The fourth-order valence-corrected chi connectivity index (χ4v) is 2.41. The number of urea groups is 1. The number of carboxylic acid groups (broad SMARTS) is 1. The molecule has 1 aromatic heterocycles. The number of amides is 2. The second kappa shape index (κ2) is 9.33. The predicted octanol–water partition coefficient (Wildman–Crippen LogP) is 1.99. The largest absolute Gasteiger partial charge is 0.479 e. The minimum Gasteiger partial charge on any atom is -0.479 e. The SMILES string of the molecule is COCCCCCNC(=O)NC(C(=O)O)c1cccs1. The van der Waals surface area contributed by atoms with Crippen LogP contribution in [0.1, 0.15) is 30.2 Å². The van der Waals surface area contributed by atoms with Crippen molar-refractivity contribution in [2.45, 2.75) is 25.3 Å². The number of carbonyl (C=O) groups is 2. The molecule has 0 bridgehead atoms. The number of ether oxygens (including phenoxy) is 1. The van der Waals surface area contributed by atoms with Crippen LogP contribution in [0.15, 0.2) is 17.5 Å². The normalized spacial score (nSPS) is 11.8. The molecule has 1 unspecified atom stereocenters. The molecule has 112 valence electrons. The van der Waals surface area contributed by atoms with E-state index in [0.717, 1.165) is 19.3 Å². The molecule has 1 heterocycles. The first-order valence-electron chi connectivity index (χ1n) is 6.44. The quantitative estimate of drug-likeness (QED) is 0.609. The third-order valence-electron chi connectivity index (χ3n) is 2.66. The zero-order valence-electron chi connectivity index (χ0n) is 11.4. The minimum atomic E-state index is -1.07. The first-order chi connectivity index (χ1) is 9.65. The Bertz CT molecular complexity index is 409. The molecule has 0 radical (unpaired) electrons. The Morgan fingerprint density at radius 2 is 2.20 bits per heavy atom. The molecule has 0 aliphatic carbocycles. The second-order valence-corrected chi connectivity index (χ2v) is 5.22. The third-order valence-corrected chi connectivity index (χ3v) is 3.60. The maximum Gasteiger partial charge on any atom is 0.331 e. The number of rotatable bonds is 9. The van der Waals surface area contributed by atoms with Crippen molar-refractivity contribution in [3.8, 4) is 0 Å². The van der Waals surface area contributed by atoms with Gasteiger partial charge in [0.15, 0.2) is 6.04 Å². The van der Waals surface area contributed by atoms with Gasteiger partial charge in [0.2, 0.25) is 0 Å². The first kappa shape index (κ1) is 16.5. The number of methoxy groups -OCH3 is 1. The van der Waals surface area contributed by atoms with Gasteiger partial charge in [-0.05, 0) is 30.7 Å². The van der Waals surface area contributed by atoms with Crippen LogP contribution in [0.2, 0.25) is 0 Å². The van der Waals surface area contributed by atoms with Gasteiger partial charge in [-0.3, -0.25) is 0 Å². The highest BCUT2D eigenvalue weighted by atomic mass is 32.1. The van der Waals surface area contributed by atoms with Crippen LogP contribution in [0.5, 0.6) is 0 Å². The van der Waals surface area contributed by atoms with Crippen LogP contribution in [0.4, 0.5) is 4.79 Å². The Morgan fingerprint density at radius 1 is 1.40 bits per heavy atom. The van der Waals surface area contributed by atoms with Gasteiger partial charge in [0.05, 0.1) is 0 Å². The molecule has 20 heavy (non-hydrogen) atoms. The zero-order valence-corrected chi connectivity index (χ0v) is 12.2. The van der Waals surface area contributed by atoms with Gasteiger partial charge in [-0.25, -0.2) is 9.59 Å². The summed E-state index contributed by atoms with van der Waals surface area (Å²) in [4.78, 5) is 23.4. The van der Waals surface area contributed by atoms with Gasteiger partial charge in [0.25, 0.3) is 0 Å². The van der Waals surface area contributed by atoms with Crippen molar-refractivity contribution < 1.29 is 19.4 Å². The summed E-state index contributed by atoms with van der Waals surface area (Å²) in [6.45, 7) is 1.23. The molecule has 0 aromatic carbocycles. The molecule has 1 aromatic rings. The maximum absolute atomic E-state index is 11.6. The fourth-order valence-electron chi connectivity index (χ4n) is 1.64. The van der Waals surface area contributed by atoms with E-state index < -0.39 is 18.0 Å². The highest BCUT2D eigenvalue weighted by Gasteiger charge is 2.22. The summed E-state index contributed by atoms with van der Waals surface area (Å²) in [7, 11) is 1.66. The van der Waals surface area contributed by atoms with Crippen LogP contribution in [0.3, 0.4) is 0 Å². The number of unbranched alkanes of at least 4 members (excludes halogenated alkanes) is 2. The summed E-state index contributed by atoms with van der Waals surface area (Å²) in [6, 6.07) is 1.99. The van der Waals surface area contributed by atoms with Gasteiger partial charge in [-0.1, -0.05) is 6.07 Å². The molecule has 1 atom stereocenters. The number of carboxylic acids is 1. The molecule has 7 heteroatoms. The van der Waals surface area contributed by atoms with Gasteiger partial charge in [-0.15, -0.1) is 11.3 Å². The predicted molar refractivity (Wildman–Crippen MR) is 77.0 cm³/mol. The van der Waals surface area contributed by atoms with Crippen LogP contribution < -0.4 is 10.6 Å². The van der Waals surface area contributed by atoms with Crippen molar-refractivity contribution in [1.82, 2.24) is 10.6 Å². The lowest BCUT2D eigenvalue weighted by atomic mass is 10.2. The lowest BCUT2D eigenvalue weighted by molar-refractivity contribution is -0.139. The van der Waals surface area contributed by atoms with Gasteiger partial charge in [0, 0.05) is 25.1 Å². The van der Waals surface area contributed by atoms with E-state index in [0.29, 0.717) is 18.0 Å². The molecule has 1 rings (SSSR count). The average molecular weight is 300 g/mol. The smallest absolute Gasteiger partial charge is 0.331 e. The molecule has 2 amide bonds. The van der Waals surface area contributed by atoms with Crippen molar-refractivity contribution >= 4 is 23.3 Å². The Balaban J connectivity index is 2.27. The maximum atomic E-state index is 11.6. The van der Waals surface area contributed by atoms with Crippen molar-refractivity contribution in [3.63, 3.8) is 0 Å². The highest BCUT2D eigenvalue weighted by molar-refractivity contribution is 7.10. The Hall–Kier alpha value is -1.60. The molecule has 6 nitrogen and oxygen atoms in total. The molecule has 0 aliphatic rings. The Morgan fingerprint density at radius 3 is 2.80 bits per heavy atom. The molecular formula is C13H20N2O4S. The number of hydrogen-bond donors (Lipinski definition) is 3. The summed E-state index contributed by atoms with van der Waals surface area (Å²) in [5.74, 6) is -1.07. The summed E-state index contributed by atoms with van der Waals surface area (Å²) in [5.41, 5.74) is 0. The number of hydrogen-bond acceptors (Lipinski definition) is 4. The topological polar surface area (TPSA) is 87.7 Å². The van der Waals surface area contributed by atoms with Gasteiger partial charge >= 0.3 is 12.0 Å². The van der Waals surface area contributed by atoms with E-state index in [4.69, 9.17) is 9.84 Å². The first-order valence-corrected chi connectivity index (χ1v) is 7.32. The summed E-state index contributed by atoms with van der Waals surface area (Å²) < 4.78 is 4.93. The van der Waals surface area contributed by atoms with Crippen molar-refractivity contribution in [3.05, 3.63) is 22.4 Å². The molecule has 0 fully saturated rings. The zero-order chi connectivity index (χ0) is 14.8. The van der Waals surface area contributed by atoms with E-state index in [2.05, 4.69) is 10.6 Å². The average Bonchev–Trinajstić information content (AvgIpc) is 2.93. The number of nitrogens with one attached hydrogen (secondary N) is 2. The van der Waals surface area contributed by atoms with E-state index >= 15 is 0 Å². The van der Waals surface area contributed by atoms with E-state index in [1.54, 1.807) is 24.6 Å². The molecule has 0 saturated carbocycles.